The average molecular weight is 295 g/mol. The summed E-state index contributed by atoms with van der Waals surface area (Å²) in [5.74, 6) is -3.29. The average Bonchev–Trinajstić information content (AvgIpc) is 2.30. The predicted octanol–water partition coefficient (Wildman–Crippen LogP) is 2.51. The van der Waals surface area contributed by atoms with Gasteiger partial charge in [-0.25, -0.2) is 4.39 Å². The fourth-order valence-electron chi connectivity index (χ4n) is 1.24. The largest absolute Gasteiger partial charge is 0.506 e. The molecule has 0 aliphatic heterocycles. The van der Waals surface area contributed by atoms with Gasteiger partial charge < -0.3 is 15.5 Å². The van der Waals surface area contributed by atoms with Crippen molar-refractivity contribution in [2.75, 3.05) is 11.9 Å². The summed E-state index contributed by atoms with van der Waals surface area (Å²) in [6, 6.07) is 0.570. The number of anilines is 1. The molecule has 20 heavy (non-hydrogen) atoms. The van der Waals surface area contributed by atoms with E-state index in [2.05, 4.69) is 0 Å². The maximum absolute atomic E-state index is 13.1. The maximum Gasteiger partial charge on any atom is 0.419 e. The van der Waals surface area contributed by atoms with Gasteiger partial charge in [-0.15, -0.1) is 0 Å². The van der Waals surface area contributed by atoms with Gasteiger partial charge in [-0.1, -0.05) is 0 Å². The van der Waals surface area contributed by atoms with Gasteiger partial charge in [0.15, 0.2) is 0 Å². The van der Waals surface area contributed by atoms with Crippen LogP contribution in [0.15, 0.2) is 12.1 Å². The van der Waals surface area contributed by atoms with Crippen molar-refractivity contribution in [3.05, 3.63) is 23.5 Å². The summed E-state index contributed by atoms with van der Waals surface area (Å²) < 4.78 is 50.7. The smallest absolute Gasteiger partial charge is 0.419 e. The van der Waals surface area contributed by atoms with Crippen molar-refractivity contribution in [3.63, 3.8) is 0 Å². The molecule has 0 atom stereocenters. The van der Waals surface area contributed by atoms with Crippen LogP contribution in [0.5, 0.6) is 5.75 Å². The number of carbonyl (C=O) groups is 1. The van der Waals surface area contributed by atoms with E-state index in [9.17, 15) is 27.5 Å². The zero-order chi connectivity index (χ0) is 15.7. The molecule has 8 heteroatoms. The van der Waals surface area contributed by atoms with E-state index >= 15 is 0 Å². The number of amides is 1. The second-order valence-electron chi connectivity index (χ2n) is 4.84. The number of hydrogen-bond acceptors (Lipinski definition) is 3. The number of alkyl halides is 3. The molecular weight excluding hydrogens is 282 g/mol. The van der Waals surface area contributed by atoms with Crippen molar-refractivity contribution in [3.8, 4) is 5.75 Å². The third-order valence-corrected chi connectivity index (χ3v) is 2.65. The van der Waals surface area contributed by atoms with Gasteiger partial charge in [0.1, 0.15) is 11.6 Å². The summed E-state index contributed by atoms with van der Waals surface area (Å²) in [5, 5.41) is 20.4. The minimum Gasteiger partial charge on any atom is -0.506 e. The van der Waals surface area contributed by atoms with E-state index in [1.165, 1.54) is 13.8 Å². The first kappa shape index (κ1) is 16.2. The lowest BCUT2D eigenvalue weighted by molar-refractivity contribution is -0.140. The van der Waals surface area contributed by atoms with E-state index in [1.807, 2.05) is 5.32 Å². The van der Waals surface area contributed by atoms with Crippen LogP contribution in [0.2, 0.25) is 0 Å². The molecular formula is C12H13F4NO3. The van der Waals surface area contributed by atoms with Crippen LogP contribution < -0.4 is 5.32 Å². The van der Waals surface area contributed by atoms with Gasteiger partial charge in [0.2, 0.25) is 5.91 Å². The van der Waals surface area contributed by atoms with E-state index in [4.69, 9.17) is 5.11 Å². The SMILES string of the molecule is CC(C)(CO)C(=O)Nc1cc(C(F)(F)F)c(F)cc1O. The Morgan fingerprint density at radius 1 is 1.30 bits per heavy atom. The minimum absolute atomic E-state index is 0.268. The molecule has 1 amide bonds. The van der Waals surface area contributed by atoms with Gasteiger partial charge >= 0.3 is 6.18 Å². The minimum atomic E-state index is -4.95. The lowest BCUT2D eigenvalue weighted by Gasteiger charge is -2.21. The van der Waals surface area contributed by atoms with Gasteiger partial charge in [0, 0.05) is 6.07 Å². The molecule has 0 bridgehead atoms. The second-order valence-corrected chi connectivity index (χ2v) is 4.84. The third kappa shape index (κ3) is 3.38. The van der Waals surface area contributed by atoms with Gasteiger partial charge in [-0.3, -0.25) is 4.79 Å². The molecule has 1 rings (SSSR count). The zero-order valence-corrected chi connectivity index (χ0v) is 10.7. The summed E-state index contributed by atoms with van der Waals surface area (Å²) in [5.41, 5.74) is -3.45. The Kier molecular flexibility index (Phi) is 4.28. The summed E-state index contributed by atoms with van der Waals surface area (Å²) in [7, 11) is 0. The highest BCUT2D eigenvalue weighted by Crippen LogP contribution is 2.37. The van der Waals surface area contributed by atoms with Crippen molar-refractivity contribution in [1.82, 2.24) is 0 Å². The highest BCUT2D eigenvalue weighted by molar-refractivity contribution is 5.96. The number of aliphatic hydroxyl groups is 1. The van der Waals surface area contributed by atoms with Crippen LogP contribution in [0.4, 0.5) is 23.2 Å². The van der Waals surface area contributed by atoms with E-state index in [0.717, 1.165) is 0 Å². The lowest BCUT2D eigenvalue weighted by Crippen LogP contribution is -2.34. The van der Waals surface area contributed by atoms with E-state index < -0.39 is 46.9 Å². The molecule has 1 aromatic rings. The molecule has 0 spiro atoms. The predicted molar refractivity (Wildman–Crippen MR) is 62.6 cm³/mol. The summed E-state index contributed by atoms with van der Waals surface area (Å²) in [4.78, 5) is 11.7. The van der Waals surface area contributed by atoms with Crippen LogP contribution >= 0.6 is 0 Å². The Hall–Kier alpha value is -1.83. The van der Waals surface area contributed by atoms with Crippen LogP contribution in [0.1, 0.15) is 19.4 Å². The van der Waals surface area contributed by atoms with E-state index in [0.29, 0.717) is 6.07 Å². The first-order chi connectivity index (χ1) is 8.99. The fraction of sp³-hybridized carbons (Fsp3) is 0.417. The number of phenolic OH excluding ortho intramolecular Hbond substituents is 1. The number of benzene rings is 1. The number of nitrogens with one attached hydrogen (secondary N) is 1. The Labute approximate surface area is 112 Å². The standard InChI is InChI=1S/C12H13F4NO3/c1-11(2,5-18)10(20)17-8-3-6(12(14,15)16)7(13)4-9(8)19/h3-4,18-19H,5H2,1-2H3,(H,17,20). The Morgan fingerprint density at radius 2 is 1.85 bits per heavy atom. The molecule has 0 saturated carbocycles. The molecule has 0 aromatic heterocycles. The van der Waals surface area contributed by atoms with Crippen molar-refractivity contribution in [2.45, 2.75) is 20.0 Å². The molecule has 0 aliphatic rings. The first-order valence-electron chi connectivity index (χ1n) is 5.51. The zero-order valence-electron chi connectivity index (χ0n) is 10.7. The van der Waals surface area contributed by atoms with Crippen LogP contribution in [-0.2, 0) is 11.0 Å². The van der Waals surface area contributed by atoms with Gasteiger partial charge in [0.05, 0.1) is 23.3 Å². The molecule has 112 valence electrons. The van der Waals surface area contributed by atoms with Crippen LogP contribution in [-0.4, -0.2) is 22.7 Å². The molecule has 0 unspecified atom stereocenters. The molecule has 0 saturated heterocycles. The number of aliphatic hydroxyl groups excluding tert-OH is 1. The molecule has 3 N–H and O–H groups in total. The lowest BCUT2D eigenvalue weighted by atomic mass is 9.93. The molecule has 0 aliphatic carbocycles. The summed E-state index contributed by atoms with van der Waals surface area (Å²) in [6.45, 7) is 2.16. The number of rotatable bonds is 3. The van der Waals surface area contributed by atoms with Crippen LogP contribution in [0.25, 0.3) is 0 Å². The second kappa shape index (κ2) is 5.28. The number of aromatic hydroxyl groups is 1. The number of phenols is 1. The van der Waals surface area contributed by atoms with E-state index in [-0.39, 0.29) is 6.07 Å². The normalized spacial score (nSPS) is 12.3. The Morgan fingerprint density at radius 3 is 2.30 bits per heavy atom. The molecule has 0 fully saturated rings. The molecule has 4 nitrogen and oxygen atoms in total. The fourth-order valence-corrected chi connectivity index (χ4v) is 1.24. The molecule has 0 heterocycles. The topological polar surface area (TPSA) is 69.6 Å². The monoisotopic (exact) mass is 295 g/mol. The van der Waals surface area contributed by atoms with Crippen molar-refractivity contribution in [2.24, 2.45) is 5.41 Å². The van der Waals surface area contributed by atoms with Crippen molar-refractivity contribution in [1.29, 1.82) is 0 Å². The summed E-state index contributed by atoms with van der Waals surface area (Å²) >= 11 is 0. The number of halogens is 4. The number of carbonyl (C=O) groups excluding carboxylic acids is 1. The first-order valence-corrected chi connectivity index (χ1v) is 5.51. The highest BCUT2D eigenvalue weighted by Gasteiger charge is 2.36. The van der Waals surface area contributed by atoms with Crippen molar-refractivity contribution < 1.29 is 32.6 Å². The maximum atomic E-state index is 13.1. The third-order valence-electron chi connectivity index (χ3n) is 2.65. The Balaban J connectivity index is 3.17. The molecule has 1 aromatic carbocycles. The molecule has 0 radical (unpaired) electrons. The van der Waals surface area contributed by atoms with Gasteiger partial charge in [-0.05, 0) is 19.9 Å². The van der Waals surface area contributed by atoms with Crippen molar-refractivity contribution >= 4 is 11.6 Å². The quantitative estimate of drug-likeness (QED) is 0.593. The number of hydrogen-bond donors (Lipinski definition) is 3. The van der Waals surface area contributed by atoms with E-state index in [1.54, 1.807) is 0 Å². The Bertz CT molecular complexity index is 526. The van der Waals surface area contributed by atoms with Crippen LogP contribution in [0.3, 0.4) is 0 Å². The highest BCUT2D eigenvalue weighted by atomic mass is 19.4. The van der Waals surface area contributed by atoms with Gasteiger partial charge in [-0.2, -0.15) is 13.2 Å². The summed E-state index contributed by atoms with van der Waals surface area (Å²) in [6.07, 6.45) is -4.95. The van der Waals surface area contributed by atoms with Crippen LogP contribution in [0, 0.1) is 11.2 Å². The van der Waals surface area contributed by atoms with Gasteiger partial charge in [0.25, 0.3) is 0 Å².